The molecule has 6 heteroatoms. The zero-order valence-corrected chi connectivity index (χ0v) is 13.4. The van der Waals surface area contributed by atoms with E-state index in [1.807, 2.05) is 0 Å². The third kappa shape index (κ3) is 3.58. The standard InChI is InChI=1S/C16H20N2O4/c1-10-13(14(19)18(5)22-10)11-6-8-12(9-7-11)17-15(20)21-16(2,3)4/h6-9H,1-5H3,(H,17,20). The van der Waals surface area contributed by atoms with Crippen molar-refractivity contribution in [1.82, 2.24) is 4.74 Å². The van der Waals surface area contributed by atoms with Gasteiger partial charge in [0.1, 0.15) is 11.4 Å². The molecule has 118 valence electrons. The highest BCUT2D eigenvalue weighted by Gasteiger charge is 2.17. The summed E-state index contributed by atoms with van der Waals surface area (Å²) in [5.41, 5.74) is 1.11. The smallest absolute Gasteiger partial charge is 0.412 e. The summed E-state index contributed by atoms with van der Waals surface area (Å²) in [5.74, 6) is 0.556. The van der Waals surface area contributed by atoms with Crippen LogP contribution in [0.3, 0.4) is 0 Å². The monoisotopic (exact) mass is 304 g/mol. The molecule has 0 saturated carbocycles. The average molecular weight is 304 g/mol. The Labute approximate surface area is 128 Å². The summed E-state index contributed by atoms with van der Waals surface area (Å²) in [6, 6.07) is 6.94. The van der Waals surface area contributed by atoms with E-state index in [4.69, 9.17) is 9.26 Å². The summed E-state index contributed by atoms with van der Waals surface area (Å²) < 4.78 is 11.6. The van der Waals surface area contributed by atoms with Gasteiger partial charge in [0.2, 0.25) is 0 Å². The summed E-state index contributed by atoms with van der Waals surface area (Å²) >= 11 is 0. The quantitative estimate of drug-likeness (QED) is 0.924. The fourth-order valence-corrected chi connectivity index (χ4v) is 2.07. The number of ether oxygens (including phenoxy) is 1. The molecule has 1 N–H and O–H groups in total. The van der Waals surface area contributed by atoms with Gasteiger partial charge in [0, 0.05) is 12.7 Å². The molecule has 0 atom stereocenters. The first-order chi connectivity index (χ1) is 10.2. The van der Waals surface area contributed by atoms with Crippen molar-refractivity contribution in [3.05, 3.63) is 40.4 Å². The van der Waals surface area contributed by atoms with Gasteiger partial charge in [-0.15, -0.1) is 0 Å². The van der Waals surface area contributed by atoms with Gasteiger partial charge in [0.05, 0.1) is 5.56 Å². The van der Waals surface area contributed by atoms with Crippen LogP contribution in [-0.4, -0.2) is 16.4 Å². The molecule has 0 spiro atoms. The second-order valence-electron chi connectivity index (χ2n) is 6.03. The molecule has 0 radical (unpaired) electrons. The number of aryl methyl sites for hydroxylation is 2. The molecule has 1 aromatic heterocycles. The van der Waals surface area contributed by atoms with Gasteiger partial charge in [0.15, 0.2) is 0 Å². The first-order valence-corrected chi connectivity index (χ1v) is 6.95. The number of rotatable bonds is 2. The van der Waals surface area contributed by atoms with Crippen LogP contribution in [0.25, 0.3) is 11.1 Å². The van der Waals surface area contributed by atoms with Crippen molar-refractivity contribution < 1.29 is 14.1 Å². The SMILES string of the molecule is Cc1on(C)c(=O)c1-c1ccc(NC(=O)OC(C)(C)C)cc1. The highest BCUT2D eigenvalue weighted by Crippen LogP contribution is 2.22. The molecule has 0 saturated heterocycles. The molecule has 2 rings (SSSR count). The number of carbonyl (C=O) groups excluding carboxylic acids is 1. The molecule has 0 fully saturated rings. The lowest BCUT2D eigenvalue weighted by molar-refractivity contribution is 0.0636. The van der Waals surface area contributed by atoms with Crippen LogP contribution >= 0.6 is 0 Å². The van der Waals surface area contributed by atoms with E-state index in [1.165, 1.54) is 4.74 Å². The Hall–Kier alpha value is -2.50. The number of hydrogen-bond donors (Lipinski definition) is 1. The molecule has 1 amide bonds. The van der Waals surface area contributed by atoms with Crippen molar-refractivity contribution in [3.8, 4) is 11.1 Å². The van der Waals surface area contributed by atoms with Gasteiger partial charge in [-0.3, -0.25) is 10.1 Å². The van der Waals surface area contributed by atoms with Crippen LogP contribution in [0, 0.1) is 6.92 Å². The minimum atomic E-state index is -0.551. The summed E-state index contributed by atoms with van der Waals surface area (Å²) in [6.07, 6.45) is -0.518. The largest absolute Gasteiger partial charge is 0.444 e. The van der Waals surface area contributed by atoms with Gasteiger partial charge in [0.25, 0.3) is 5.56 Å². The lowest BCUT2D eigenvalue weighted by atomic mass is 10.1. The third-order valence-corrected chi connectivity index (χ3v) is 2.94. The van der Waals surface area contributed by atoms with E-state index in [1.54, 1.807) is 59.0 Å². The molecule has 0 aliphatic rings. The fraction of sp³-hybridized carbons (Fsp3) is 0.375. The summed E-state index contributed by atoms with van der Waals surface area (Å²) in [7, 11) is 1.57. The van der Waals surface area contributed by atoms with E-state index in [9.17, 15) is 9.59 Å². The van der Waals surface area contributed by atoms with Gasteiger partial charge in [-0.1, -0.05) is 12.1 Å². The minimum absolute atomic E-state index is 0.189. The maximum absolute atomic E-state index is 12.0. The van der Waals surface area contributed by atoms with Crippen molar-refractivity contribution in [2.45, 2.75) is 33.3 Å². The summed E-state index contributed by atoms with van der Waals surface area (Å²) in [5, 5.41) is 2.64. The Morgan fingerprint density at radius 3 is 2.27 bits per heavy atom. The first-order valence-electron chi connectivity index (χ1n) is 6.95. The predicted molar refractivity (Wildman–Crippen MR) is 84.0 cm³/mol. The molecule has 22 heavy (non-hydrogen) atoms. The van der Waals surface area contributed by atoms with Crippen molar-refractivity contribution in [2.24, 2.45) is 7.05 Å². The number of hydrogen-bond acceptors (Lipinski definition) is 4. The average Bonchev–Trinajstić information content (AvgIpc) is 2.62. The molecular formula is C16H20N2O4. The zero-order valence-electron chi connectivity index (χ0n) is 13.4. The third-order valence-electron chi connectivity index (χ3n) is 2.94. The summed E-state index contributed by atoms with van der Waals surface area (Å²) in [6.45, 7) is 7.14. The molecule has 0 bridgehead atoms. The van der Waals surface area contributed by atoms with Crippen LogP contribution in [0.5, 0.6) is 0 Å². The topological polar surface area (TPSA) is 73.5 Å². The van der Waals surface area contributed by atoms with E-state index in [0.29, 0.717) is 17.0 Å². The van der Waals surface area contributed by atoms with Crippen LogP contribution in [0.15, 0.2) is 33.6 Å². The van der Waals surface area contributed by atoms with E-state index in [0.717, 1.165) is 5.56 Å². The fourth-order valence-electron chi connectivity index (χ4n) is 2.07. The number of amides is 1. The second-order valence-corrected chi connectivity index (χ2v) is 6.03. The van der Waals surface area contributed by atoms with Crippen LogP contribution in [-0.2, 0) is 11.8 Å². The maximum Gasteiger partial charge on any atom is 0.412 e. The Kier molecular flexibility index (Phi) is 4.12. The number of carbonyl (C=O) groups is 1. The normalized spacial score (nSPS) is 11.3. The molecular weight excluding hydrogens is 284 g/mol. The van der Waals surface area contributed by atoms with Crippen LogP contribution in [0.2, 0.25) is 0 Å². The summed E-state index contributed by atoms with van der Waals surface area (Å²) in [4.78, 5) is 23.7. The number of anilines is 1. The van der Waals surface area contributed by atoms with E-state index in [2.05, 4.69) is 5.32 Å². The number of nitrogens with one attached hydrogen (secondary N) is 1. The van der Waals surface area contributed by atoms with Gasteiger partial charge in [-0.05, 0) is 45.4 Å². The van der Waals surface area contributed by atoms with Crippen LogP contribution in [0.1, 0.15) is 26.5 Å². The van der Waals surface area contributed by atoms with E-state index < -0.39 is 11.7 Å². The zero-order chi connectivity index (χ0) is 16.5. The van der Waals surface area contributed by atoms with Crippen molar-refractivity contribution >= 4 is 11.8 Å². The Balaban J connectivity index is 2.17. The molecule has 0 aliphatic carbocycles. The van der Waals surface area contributed by atoms with Crippen molar-refractivity contribution in [3.63, 3.8) is 0 Å². The molecule has 0 aliphatic heterocycles. The molecule has 0 unspecified atom stereocenters. The highest BCUT2D eigenvalue weighted by molar-refractivity contribution is 5.85. The Bertz CT molecular complexity index is 733. The molecule has 1 aromatic carbocycles. The predicted octanol–water partition coefficient (Wildman–Crippen LogP) is 3.30. The van der Waals surface area contributed by atoms with Gasteiger partial charge >= 0.3 is 6.09 Å². The van der Waals surface area contributed by atoms with Gasteiger partial charge < -0.3 is 9.26 Å². The second kappa shape index (κ2) is 5.71. The first kappa shape index (κ1) is 15.9. The molecule has 6 nitrogen and oxygen atoms in total. The Morgan fingerprint density at radius 1 is 1.23 bits per heavy atom. The van der Waals surface area contributed by atoms with E-state index in [-0.39, 0.29) is 5.56 Å². The van der Waals surface area contributed by atoms with E-state index >= 15 is 0 Å². The van der Waals surface area contributed by atoms with Crippen LogP contribution < -0.4 is 10.9 Å². The number of aromatic nitrogens is 1. The van der Waals surface area contributed by atoms with Crippen molar-refractivity contribution in [1.29, 1.82) is 0 Å². The lowest BCUT2D eigenvalue weighted by Crippen LogP contribution is -2.27. The van der Waals surface area contributed by atoms with Crippen LogP contribution in [0.4, 0.5) is 10.5 Å². The van der Waals surface area contributed by atoms with Crippen molar-refractivity contribution in [2.75, 3.05) is 5.32 Å². The maximum atomic E-state index is 12.0. The molecule has 2 aromatic rings. The lowest BCUT2D eigenvalue weighted by Gasteiger charge is -2.19. The minimum Gasteiger partial charge on any atom is -0.444 e. The number of nitrogens with zero attached hydrogens (tertiary/aromatic N) is 1. The number of benzene rings is 1. The van der Waals surface area contributed by atoms with Gasteiger partial charge in [-0.25, -0.2) is 4.79 Å². The molecule has 1 heterocycles. The highest BCUT2D eigenvalue weighted by atomic mass is 16.6. The Morgan fingerprint density at radius 2 is 1.82 bits per heavy atom. The van der Waals surface area contributed by atoms with Gasteiger partial charge in [-0.2, -0.15) is 4.74 Å².